The van der Waals surface area contributed by atoms with Gasteiger partial charge in [-0.2, -0.15) is 0 Å². The van der Waals surface area contributed by atoms with Gasteiger partial charge in [0.05, 0.1) is 10.6 Å². The van der Waals surface area contributed by atoms with Crippen LogP contribution in [0.2, 0.25) is 0 Å². The van der Waals surface area contributed by atoms with Gasteiger partial charge >= 0.3 is 0 Å². The highest BCUT2D eigenvalue weighted by atomic mass is 32.2. The van der Waals surface area contributed by atoms with Gasteiger partial charge in [-0.1, -0.05) is 91.7 Å². The second-order valence-corrected chi connectivity index (χ2v) is 12.9. The van der Waals surface area contributed by atoms with Gasteiger partial charge in [0.2, 0.25) is 11.8 Å². The van der Waals surface area contributed by atoms with Gasteiger partial charge in [-0.25, -0.2) is 12.8 Å². The molecule has 5 rings (SSSR count). The number of rotatable bonds is 12. The van der Waals surface area contributed by atoms with Crippen molar-refractivity contribution < 1.29 is 22.4 Å². The Balaban J connectivity index is 1.54. The predicted octanol–water partition coefficient (Wildman–Crippen LogP) is 5.72. The number of halogens is 1. The molecule has 0 spiro atoms. The number of anilines is 1. The van der Waals surface area contributed by atoms with Gasteiger partial charge in [-0.05, 0) is 60.4 Å². The zero-order valence-electron chi connectivity index (χ0n) is 24.4. The highest BCUT2D eigenvalue weighted by Gasteiger charge is 2.35. The molecule has 44 heavy (non-hydrogen) atoms. The maximum atomic E-state index is 14.4. The molecule has 228 valence electrons. The van der Waals surface area contributed by atoms with Crippen LogP contribution in [-0.2, 0) is 32.6 Å². The molecule has 1 saturated carbocycles. The Kier molecular flexibility index (Phi) is 10.1. The van der Waals surface area contributed by atoms with Crippen LogP contribution in [0.25, 0.3) is 0 Å². The average molecular weight is 614 g/mol. The van der Waals surface area contributed by atoms with Crippen LogP contribution in [0.3, 0.4) is 0 Å². The van der Waals surface area contributed by atoms with Gasteiger partial charge in [0.15, 0.2) is 0 Å². The molecule has 1 unspecified atom stereocenters. The van der Waals surface area contributed by atoms with E-state index in [1.54, 1.807) is 18.2 Å². The van der Waals surface area contributed by atoms with Crippen molar-refractivity contribution in [2.45, 2.75) is 55.6 Å². The summed E-state index contributed by atoms with van der Waals surface area (Å²) in [5.41, 5.74) is 1.81. The maximum Gasteiger partial charge on any atom is 0.264 e. The maximum absolute atomic E-state index is 14.4. The van der Waals surface area contributed by atoms with Gasteiger partial charge in [-0.3, -0.25) is 13.9 Å². The molecule has 9 heteroatoms. The summed E-state index contributed by atoms with van der Waals surface area (Å²) in [5, 5.41) is 3.16. The fraction of sp³-hybridized carbons (Fsp3) is 0.257. The quantitative estimate of drug-likeness (QED) is 0.222. The topological polar surface area (TPSA) is 86.8 Å². The summed E-state index contributed by atoms with van der Waals surface area (Å²) >= 11 is 0. The van der Waals surface area contributed by atoms with Crippen molar-refractivity contribution in [3.05, 3.63) is 132 Å². The molecular formula is C35H36FN3O4S. The van der Waals surface area contributed by atoms with E-state index in [9.17, 15) is 22.4 Å². The number of carbonyl (C=O) groups excluding carboxylic acids is 2. The van der Waals surface area contributed by atoms with Crippen molar-refractivity contribution >= 4 is 27.5 Å². The number of benzene rings is 4. The van der Waals surface area contributed by atoms with Crippen LogP contribution in [0.15, 0.2) is 120 Å². The summed E-state index contributed by atoms with van der Waals surface area (Å²) < 4.78 is 42.7. The Morgan fingerprint density at radius 1 is 0.773 bits per heavy atom. The third-order valence-electron chi connectivity index (χ3n) is 7.89. The minimum Gasteiger partial charge on any atom is -0.352 e. The molecule has 0 saturated heterocycles. The third kappa shape index (κ3) is 7.71. The lowest BCUT2D eigenvalue weighted by Crippen LogP contribution is -2.54. The van der Waals surface area contributed by atoms with Crippen molar-refractivity contribution in [2.24, 2.45) is 0 Å². The summed E-state index contributed by atoms with van der Waals surface area (Å²) in [6.45, 7) is -0.490. The molecule has 1 aliphatic rings. The Labute approximate surface area is 258 Å². The Hall–Kier alpha value is -4.50. The van der Waals surface area contributed by atoms with Crippen LogP contribution >= 0.6 is 0 Å². The minimum atomic E-state index is -4.23. The zero-order valence-corrected chi connectivity index (χ0v) is 25.2. The van der Waals surface area contributed by atoms with Crippen molar-refractivity contribution in [3.63, 3.8) is 0 Å². The van der Waals surface area contributed by atoms with Crippen molar-refractivity contribution in [3.8, 4) is 0 Å². The van der Waals surface area contributed by atoms with E-state index in [-0.39, 0.29) is 35.5 Å². The molecular weight excluding hydrogens is 577 g/mol. The molecule has 1 N–H and O–H groups in total. The van der Waals surface area contributed by atoms with Crippen LogP contribution in [-0.4, -0.2) is 43.8 Å². The predicted molar refractivity (Wildman–Crippen MR) is 169 cm³/mol. The summed E-state index contributed by atoms with van der Waals surface area (Å²) in [5.74, 6) is -1.36. The molecule has 1 atom stereocenters. The molecule has 1 fully saturated rings. The Bertz CT molecular complexity index is 1630. The fourth-order valence-corrected chi connectivity index (χ4v) is 6.99. The van der Waals surface area contributed by atoms with Gasteiger partial charge in [0, 0.05) is 19.0 Å². The first-order valence-corrected chi connectivity index (χ1v) is 16.3. The number of nitrogens with one attached hydrogen (secondary N) is 1. The minimum absolute atomic E-state index is 0.00783. The van der Waals surface area contributed by atoms with Gasteiger partial charge in [-0.15, -0.1) is 0 Å². The molecule has 7 nitrogen and oxygen atoms in total. The van der Waals surface area contributed by atoms with Crippen LogP contribution < -0.4 is 9.62 Å². The molecule has 0 aliphatic heterocycles. The number of nitrogens with zero attached hydrogens (tertiary/aromatic N) is 2. The lowest BCUT2D eigenvalue weighted by atomic mass is 10.0. The standard InChI is InChI=1S/C35H36FN3O4S/c36-29-20-22-31(23-21-29)39(44(42,43)32-18-8-3-9-19-32)26-34(40)38(25-28-14-6-2-7-15-28)33(24-27-12-4-1-5-13-27)35(41)37-30-16-10-11-17-30/h1-9,12-15,18-23,30,33H,10-11,16-17,24-26H2,(H,37,41). The van der Waals surface area contributed by atoms with E-state index in [1.807, 2.05) is 60.7 Å². The monoisotopic (exact) mass is 613 g/mol. The normalized spacial score (nSPS) is 14.1. The van der Waals surface area contributed by atoms with Crippen LogP contribution in [0.1, 0.15) is 36.8 Å². The van der Waals surface area contributed by atoms with Crippen molar-refractivity contribution in [1.82, 2.24) is 10.2 Å². The number of hydrogen-bond donors (Lipinski definition) is 1. The first-order valence-electron chi connectivity index (χ1n) is 14.8. The van der Waals surface area contributed by atoms with E-state index in [1.165, 1.54) is 29.2 Å². The first kappa shape index (κ1) is 30.9. The summed E-state index contributed by atoms with van der Waals surface area (Å²) in [7, 11) is -4.23. The highest BCUT2D eigenvalue weighted by molar-refractivity contribution is 7.92. The van der Waals surface area contributed by atoms with Crippen molar-refractivity contribution in [2.75, 3.05) is 10.8 Å². The molecule has 1 aliphatic carbocycles. The molecule has 4 aromatic carbocycles. The highest BCUT2D eigenvalue weighted by Crippen LogP contribution is 2.26. The molecule has 0 aromatic heterocycles. The van der Waals surface area contributed by atoms with E-state index < -0.39 is 34.3 Å². The van der Waals surface area contributed by atoms with Crippen molar-refractivity contribution in [1.29, 1.82) is 0 Å². The van der Waals surface area contributed by atoms with Crippen LogP contribution in [0.4, 0.5) is 10.1 Å². The van der Waals surface area contributed by atoms with E-state index in [0.717, 1.165) is 53.2 Å². The zero-order chi connectivity index (χ0) is 30.9. The summed E-state index contributed by atoms with van der Waals surface area (Å²) in [4.78, 5) is 29.9. The number of amides is 2. The Morgan fingerprint density at radius 3 is 1.91 bits per heavy atom. The number of hydrogen-bond acceptors (Lipinski definition) is 4. The average Bonchev–Trinajstić information content (AvgIpc) is 3.56. The molecule has 0 heterocycles. The lowest BCUT2D eigenvalue weighted by molar-refractivity contribution is -0.140. The van der Waals surface area contributed by atoms with E-state index in [2.05, 4.69) is 5.32 Å². The lowest BCUT2D eigenvalue weighted by Gasteiger charge is -2.34. The largest absolute Gasteiger partial charge is 0.352 e. The van der Waals surface area contributed by atoms with E-state index in [0.29, 0.717) is 0 Å². The fourth-order valence-electron chi connectivity index (χ4n) is 5.56. The second-order valence-electron chi connectivity index (χ2n) is 11.0. The Morgan fingerprint density at radius 2 is 1.32 bits per heavy atom. The second kappa shape index (κ2) is 14.3. The molecule has 0 radical (unpaired) electrons. The van der Waals surface area contributed by atoms with Gasteiger partial charge in [0.25, 0.3) is 10.0 Å². The van der Waals surface area contributed by atoms with Crippen LogP contribution in [0.5, 0.6) is 0 Å². The summed E-state index contributed by atoms with van der Waals surface area (Å²) in [6, 6.07) is 30.7. The number of carbonyl (C=O) groups is 2. The number of sulfonamides is 1. The summed E-state index contributed by atoms with van der Waals surface area (Å²) in [6.07, 6.45) is 4.07. The third-order valence-corrected chi connectivity index (χ3v) is 9.68. The van der Waals surface area contributed by atoms with E-state index in [4.69, 9.17) is 0 Å². The van der Waals surface area contributed by atoms with Crippen LogP contribution in [0, 0.1) is 5.82 Å². The van der Waals surface area contributed by atoms with Gasteiger partial charge < -0.3 is 10.2 Å². The molecule has 4 aromatic rings. The molecule has 2 amide bonds. The molecule has 0 bridgehead atoms. The first-order chi connectivity index (χ1) is 21.3. The SMILES string of the molecule is O=C(NC1CCCC1)C(Cc1ccccc1)N(Cc1ccccc1)C(=O)CN(c1ccc(F)cc1)S(=O)(=O)c1ccccc1. The van der Waals surface area contributed by atoms with E-state index >= 15 is 0 Å². The van der Waals surface area contributed by atoms with Gasteiger partial charge in [0.1, 0.15) is 18.4 Å². The smallest absolute Gasteiger partial charge is 0.264 e.